The third kappa shape index (κ3) is 3.88. The van der Waals surface area contributed by atoms with Gasteiger partial charge >= 0.3 is 0 Å². The number of hydrogen-bond acceptors (Lipinski definition) is 4. The molecule has 4 rings (SSSR count). The molecule has 0 unspecified atom stereocenters. The number of nitrogens with zero attached hydrogens (tertiary/aromatic N) is 3. The Labute approximate surface area is 154 Å². The number of hydrogen-bond donors (Lipinski definition) is 2. The lowest BCUT2D eigenvalue weighted by molar-refractivity contribution is 0.565. The maximum atomic E-state index is 4.79. The average Bonchev–Trinajstić information content (AvgIpc) is 3.01. The molecule has 3 aromatic rings. The van der Waals surface area contributed by atoms with E-state index in [1.807, 2.05) is 0 Å². The molecule has 5 nitrogen and oxygen atoms in total. The lowest BCUT2D eigenvalue weighted by Gasteiger charge is -2.27. The van der Waals surface area contributed by atoms with Crippen LogP contribution in [0.1, 0.15) is 41.9 Å². The topological polar surface area (TPSA) is 56.8 Å². The van der Waals surface area contributed by atoms with Gasteiger partial charge in [-0.3, -0.25) is 0 Å². The fourth-order valence-corrected chi connectivity index (χ4v) is 3.71. The molecule has 1 aliphatic rings. The molecule has 0 amide bonds. The maximum Gasteiger partial charge on any atom is 0.225 e. The van der Waals surface area contributed by atoms with Crippen LogP contribution in [0.5, 0.6) is 0 Å². The highest BCUT2D eigenvalue weighted by molar-refractivity contribution is 5.81. The van der Waals surface area contributed by atoms with E-state index in [-0.39, 0.29) is 0 Å². The minimum Gasteiger partial charge on any atom is -0.359 e. The quantitative estimate of drug-likeness (QED) is 0.734. The van der Waals surface area contributed by atoms with Crippen LogP contribution in [-0.2, 0) is 13.1 Å². The Balaban J connectivity index is 1.41. The summed E-state index contributed by atoms with van der Waals surface area (Å²) in [6, 6.07) is 10.9. The van der Waals surface area contributed by atoms with Crippen molar-refractivity contribution in [1.82, 2.24) is 20.3 Å². The maximum absolute atomic E-state index is 4.79. The van der Waals surface area contributed by atoms with Crippen molar-refractivity contribution < 1.29 is 0 Å². The second kappa shape index (κ2) is 7.46. The van der Waals surface area contributed by atoms with Crippen molar-refractivity contribution in [2.45, 2.75) is 46.2 Å². The molecule has 0 saturated carbocycles. The smallest absolute Gasteiger partial charge is 0.225 e. The molecule has 1 fully saturated rings. The third-order valence-electron chi connectivity index (χ3n) is 4.99. The van der Waals surface area contributed by atoms with E-state index in [2.05, 4.69) is 64.4 Å². The summed E-state index contributed by atoms with van der Waals surface area (Å²) in [4.78, 5) is 15.1. The molecule has 0 spiro atoms. The largest absolute Gasteiger partial charge is 0.359 e. The van der Waals surface area contributed by atoms with Crippen LogP contribution in [0.4, 0.5) is 5.95 Å². The summed E-state index contributed by atoms with van der Waals surface area (Å²) >= 11 is 0. The fraction of sp³-hybridized carbons (Fsp3) is 0.429. The Morgan fingerprint density at radius 2 is 1.85 bits per heavy atom. The SMILES string of the molecule is Cc1cc(CNCc2ccc3[nH]c(C)cc3c2)nc(N2CCCCC2)n1. The van der Waals surface area contributed by atoms with E-state index >= 15 is 0 Å². The van der Waals surface area contributed by atoms with Crippen LogP contribution < -0.4 is 10.2 Å². The number of nitrogens with one attached hydrogen (secondary N) is 2. The van der Waals surface area contributed by atoms with Gasteiger partial charge in [0.15, 0.2) is 0 Å². The zero-order valence-corrected chi connectivity index (χ0v) is 15.7. The van der Waals surface area contributed by atoms with E-state index in [4.69, 9.17) is 4.98 Å². The van der Waals surface area contributed by atoms with Crippen molar-refractivity contribution in [3.8, 4) is 0 Å². The molecule has 0 bridgehead atoms. The first kappa shape index (κ1) is 17.0. The summed E-state index contributed by atoms with van der Waals surface area (Å²) in [6.07, 6.45) is 3.81. The highest BCUT2D eigenvalue weighted by atomic mass is 15.3. The summed E-state index contributed by atoms with van der Waals surface area (Å²) in [5.41, 5.74) is 5.80. The number of piperidine rings is 1. The standard InChI is InChI=1S/C21H27N5/c1-15-10-18-12-17(6-7-20(18)23-15)13-22-14-19-11-16(2)24-21(25-19)26-8-4-3-5-9-26/h6-7,10-12,22-23H,3-5,8-9,13-14H2,1-2H3. The molecule has 0 aliphatic carbocycles. The van der Waals surface area contributed by atoms with Crippen LogP contribution in [0.25, 0.3) is 10.9 Å². The van der Waals surface area contributed by atoms with Crippen LogP contribution in [0.15, 0.2) is 30.3 Å². The number of aromatic amines is 1. The van der Waals surface area contributed by atoms with Crippen molar-refractivity contribution in [1.29, 1.82) is 0 Å². The Kier molecular flexibility index (Phi) is 4.89. The summed E-state index contributed by atoms with van der Waals surface area (Å²) in [5.74, 6) is 0.894. The van der Waals surface area contributed by atoms with Gasteiger partial charge in [0.2, 0.25) is 5.95 Å². The Morgan fingerprint density at radius 3 is 2.69 bits per heavy atom. The summed E-state index contributed by atoms with van der Waals surface area (Å²) in [6.45, 7) is 7.89. The molecule has 26 heavy (non-hydrogen) atoms. The number of H-pyrrole nitrogens is 1. The fourth-order valence-electron chi connectivity index (χ4n) is 3.71. The van der Waals surface area contributed by atoms with Gasteiger partial charge < -0.3 is 15.2 Å². The molecule has 1 aliphatic heterocycles. The molecule has 5 heteroatoms. The van der Waals surface area contributed by atoms with Gasteiger partial charge in [-0.2, -0.15) is 0 Å². The van der Waals surface area contributed by atoms with Crippen LogP contribution in [0.3, 0.4) is 0 Å². The number of fused-ring (bicyclic) bond motifs is 1. The van der Waals surface area contributed by atoms with Crippen molar-refractivity contribution >= 4 is 16.9 Å². The van der Waals surface area contributed by atoms with E-state index < -0.39 is 0 Å². The highest BCUT2D eigenvalue weighted by Gasteiger charge is 2.14. The van der Waals surface area contributed by atoms with Crippen molar-refractivity contribution in [3.05, 3.63) is 53.0 Å². The van der Waals surface area contributed by atoms with Crippen molar-refractivity contribution in [2.24, 2.45) is 0 Å². The van der Waals surface area contributed by atoms with Gasteiger partial charge in [-0.25, -0.2) is 9.97 Å². The van der Waals surface area contributed by atoms with Gasteiger partial charge in [0.05, 0.1) is 5.69 Å². The number of rotatable bonds is 5. The molecule has 2 aromatic heterocycles. The predicted molar refractivity (Wildman–Crippen MR) is 106 cm³/mol. The molecular formula is C21H27N5. The number of aromatic nitrogens is 3. The van der Waals surface area contributed by atoms with E-state index in [9.17, 15) is 0 Å². The molecule has 0 atom stereocenters. The lowest BCUT2D eigenvalue weighted by atomic mass is 10.1. The summed E-state index contributed by atoms with van der Waals surface area (Å²) < 4.78 is 0. The first-order valence-electron chi connectivity index (χ1n) is 9.56. The molecule has 3 heterocycles. The molecule has 136 valence electrons. The van der Waals surface area contributed by atoms with Gasteiger partial charge in [-0.15, -0.1) is 0 Å². The Bertz CT molecular complexity index is 893. The predicted octanol–water partition coefficient (Wildman–Crippen LogP) is 3.85. The number of benzene rings is 1. The first-order chi connectivity index (χ1) is 12.7. The first-order valence-corrected chi connectivity index (χ1v) is 9.56. The summed E-state index contributed by atoms with van der Waals surface area (Å²) in [7, 11) is 0. The van der Waals surface area contributed by atoms with E-state index in [1.165, 1.54) is 41.4 Å². The van der Waals surface area contributed by atoms with E-state index in [0.717, 1.165) is 43.5 Å². The summed E-state index contributed by atoms with van der Waals surface area (Å²) in [5, 5.41) is 4.80. The molecule has 1 saturated heterocycles. The molecular weight excluding hydrogens is 322 g/mol. The van der Waals surface area contributed by atoms with Gasteiger partial charge in [-0.05, 0) is 68.3 Å². The van der Waals surface area contributed by atoms with Crippen LogP contribution in [0.2, 0.25) is 0 Å². The third-order valence-corrected chi connectivity index (χ3v) is 4.99. The minimum absolute atomic E-state index is 0.758. The van der Waals surface area contributed by atoms with Gasteiger partial charge in [0.25, 0.3) is 0 Å². The Morgan fingerprint density at radius 1 is 1.00 bits per heavy atom. The zero-order chi connectivity index (χ0) is 17.9. The number of aryl methyl sites for hydroxylation is 2. The van der Waals surface area contributed by atoms with Crippen molar-refractivity contribution in [2.75, 3.05) is 18.0 Å². The van der Waals surface area contributed by atoms with Gasteiger partial charge in [0, 0.05) is 43.1 Å². The van der Waals surface area contributed by atoms with Crippen LogP contribution >= 0.6 is 0 Å². The zero-order valence-electron chi connectivity index (χ0n) is 15.7. The van der Waals surface area contributed by atoms with E-state index in [1.54, 1.807) is 0 Å². The second-order valence-electron chi connectivity index (χ2n) is 7.33. The monoisotopic (exact) mass is 349 g/mol. The number of anilines is 1. The highest BCUT2D eigenvalue weighted by Crippen LogP contribution is 2.18. The molecule has 0 radical (unpaired) electrons. The van der Waals surface area contributed by atoms with Gasteiger partial charge in [-0.1, -0.05) is 6.07 Å². The van der Waals surface area contributed by atoms with Crippen molar-refractivity contribution in [3.63, 3.8) is 0 Å². The normalized spacial score (nSPS) is 14.9. The lowest BCUT2D eigenvalue weighted by Crippen LogP contribution is -2.31. The molecule has 1 aromatic carbocycles. The minimum atomic E-state index is 0.758. The molecule has 2 N–H and O–H groups in total. The van der Waals surface area contributed by atoms with E-state index in [0.29, 0.717) is 0 Å². The Hall–Kier alpha value is -2.40. The van der Waals surface area contributed by atoms with Gasteiger partial charge in [0.1, 0.15) is 0 Å². The van der Waals surface area contributed by atoms with Crippen LogP contribution in [-0.4, -0.2) is 28.0 Å². The average molecular weight is 349 g/mol. The van der Waals surface area contributed by atoms with Crippen LogP contribution in [0, 0.1) is 13.8 Å². The second-order valence-corrected chi connectivity index (χ2v) is 7.33.